The quantitative estimate of drug-likeness (QED) is 0.931. The van der Waals surface area contributed by atoms with E-state index in [9.17, 15) is 4.79 Å². The molecule has 118 valence electrons. The Kier molecular flexibility index (Phi) is 4.48. The minimum absolute atomic E-state index is 0.185. The van der Waals surface area contributed by atoms with Gasteiger partial charge in [0.15, 0.2) is 0 Å². The van der Waals surface area contributed by atoms with Gasteiger partial charge in [-0.15, -0.1) is 0 Å². The van der Waals surface area contributed by atoms with Gasteiger partial charge in [0.05, 0.1) is 0 Å². The third kappa shape index (κ3) is 3.33. The Morgan fingerprint density at radius 3 is 3.00 bits per heavy atom. The summed E-state index contributed by atoms with van der Waals surface area (Å²) in [6, 6.07) is 8.60. The van der Waals surface area contributed by atoms with Crippen molar-refractivity contribution in [1.82, 2.24) is 10.2 Å². The Morgan fingerprint density at radius 2 is 2.23 bits per heavy atom. The number of rotatable bonds is 3. The van der Waals surface area contributed by atoms with Crippen molar-refractivity contribution < 1.29 is 9.53 Å². The van der Waals surface area contributed by atoms with E-state index >= 15 is 0 Å². The third-order valence-corrected chi connectivity index (χ3v) is 4.63. The molecule has 3 rings (SSSR count). The number of ether oxygens (including phenoxy) is 1. The van der Waals surface area contributed by atoms with E-state index in [0.717, 1.165) is 37.4 Å². The van der Waals surface area contributed by atoms with E-state index in [1.165, 1.54) is 5.57 Å². The standard InChI is InChI=1S/C18H24N2O2/c1-13-11-20(14(2)21)8-7-17(13)19-10-15-9-16-5-3-4-6-18(16)22-12-15/h3-6,9,13,17,19H,7-8,10-12H2,1-2H3. The highest BCUT2D eigenvalue weighted by Crippen LogP contribution is 2.25. The fourth-order valence-electron chi connectivity index (χ4n) is 3.26. The molecule has 1 aromatic carbocycles. The number of fused-ring (bicyclic) bond motifs is 1. The zero-order chi connectivity index (χ0) is 15.5. The molecule has 1 N–H and O–H groups in total. The number of amides is 1. The molecule has 1 saturated heterocycles. The number of nitrogens with zero attached hydrogens (tertiary/aromatic N) is 1. The zero-order valence-electron chi connectivity index (χ0n) is 13.3. The number of piperidine rings is 1. The van der Waals surface area contributed by atoms with Crippen LogP contribution in [0.25, 0.3) is 6.08 Å². The van der Waals surface area contributed by atoms with Crippen LogP contribution in [0.1, 0.15) is 25.8 Å². The number of likely N-dealkylation sites (tertiary alicyclic amines) is 1. The molecule has 1 aromatic rings. The number of carbonyl (C=O) groups is 1. The summed E-state index contributed by atoms with van der Waals surface area (Å²) >= 11 is 0. The van der Waals surface area contributed by atoms with Crippen molar-refractivity contribution >= 4 is 12.0 Å². The summed E-state index contributed by atoms with van der Waals surface area (Å²) in [6.45, 7) is 7.09. The van der Waals surface area contributed by atoms with E-state index in [1.54, 1.807) is 6.92 Å². The van der Waals surface area contributed by atoms with Crippen LogP contribution in [-0.4, -0.2) is 43.1 Å². The van der Waals surface area contributed by atoms with Gasteiger partial charge in [0.25, 0.3) is 0 Å². The monoisotopic (exact) mass is 300 g/mol. The van der Waals surface area contributed by atoms with Gasteiger partial charge in [0.2, 0.25) is 5.91 Å². The molecule has 22 heavy (non-hydrogen) atoms. The third-order valence-electron chi connectivity index (χ3n) is 4.63. The van der Waals surface area contributed by atoms with Gasteiger partial charge in [-0.2, -0.15) is 0 Å². The second kappa shape index (κ2) is 6.53. The number of carbonyl (C=O) groups excluding carboxylic acids is 1. The van der Waals surface area contributed by atoms with Crippen LogP contribution in [0.2, 0.25) is 0 Å². The number of hydrogen-bond donors (Lipinski definition) is 1. The lowest BCUT2D eigenvalue weighted by molar-refractivity contribution is -0.130. The first-order chi connectivity index (χ1) is 10.6. The van der Waals surface area contributed by atoms with Crippen LogP contribution in [0.4, 0.5) is 0 Å². The van der Waals surface area contributed by atoms with Crippen molar-refractivity contribution in [2.75, 3.05) is 26.2 Å². The highest BCUT2D eigenvalue weighted by Gasteiger charge is 2.27. The van der Waals surface area contributed by atoms with E-state index in [2.05, 4.69) is 24.4 Å². The maximum absolute atomic E-state index is 11.5. The molecule has 0 spiro atoms. The minimum Gasteiger partial charge on any atom is -0.489 e. The molecule has 2 aliphatic rings. The lowest BCUT2D eigenvalue weighted by atomic mass is 9.93. The predicted molar refractivity (Wildman–Crippen MR) is 87.7 cm³/mol. The van der Waals surface area contributed by atoms with Crippen molar-refractivity contribution in [3.8, 4) is 5.75 Å². The maximum atomic E-state index is 11.5. The Morgan fingerprint density at radius 1 is 1.41 bits per heavy atom. The average molecular weight is 300 g/mol. The van der Waals surface area contributed by atoms with Gasteiger partial charge in [-0.3, -0.25) is 4.79 Å². The minimum atomic E-state index is 0.185. The molecule has 1 fully saturated rings. The second-order valence-corrected chi connectivity index (χ2v) is 6.35. The van der Waals surface area contributed by atoms with Crippen LogP contribution in [0.3, 0.4) is 0 Å². The first-order valence-corrected chi connectivity index (χ1v) is 8.03. The summed E-state index contributed by atoms with van der Waals surface area (Å²) in [6.07, 6.45) is 3.24. The van der Waals surface area contributed by atoms with E-state index in [0.29, 0.717) is 18.6 Å². The molecule has 4 heteroatoms. The largest absolute Gasteiger partial charge is 0.489 e. The summed E-state index contributed by atoms with van der Waals surface area (Å²) < 4.78 is 5.79. The molecule has 2 atom stereocenters. The van der Waals surface area contributed by atoms with Crippen LogP contribution in [0, 0.1) is 5.92 Å². The number of benzene rings is 1. The van der Waals surface area contributed by atoms with Crippen molar-refractivity contribution in [3.63, 3.8) is 0 Å². The van der Waals surface area contributed by atoms with Gasteiger partial charge in [-0.1, -0.05) is 25.1 Å². The van der Waals surface area contributed by atoms with Gasteiger partial charge in [0, 0.05) is 38.2 Å². The van der Waals surface area contributed by atoms with Crippen molar-refractivity contribution in [2.24, 2.45) is 5.92 Å². The van der Waals surface area contributed by atoms with Gasteiger partial charge < -0.3 is 15.0 Å². The summed E-state index contributed by atoms with van der Waals surface area (Å²) in [5, 5.41) is 3.65. The SMILES string of the molecule is CC(=O)N1CCC(NCC2=Cc3ccccc3OC2)C(C)C1. The number of para-hydroxylation sites is 1. The molecule has 4 nitrogen and oxygen atoms in total. The lowest BCUT2D eigenvalue weighted by Crippen LogP contribution is -2.50. The zero-order valence-corrected chi connectivity index (χ0v) is 13.3. The highest BCUT2D eigenvalue weighted by atomic mass is 16.5. The normalized spacial score (nSPS) is 24.3. The molecule has 2 unspecified atom stereocenters. The molecule has 0 radical (unpaired) electrons. The Bertz CT molecular complexity index is 582. The van der Waals surface area contributed by atoms with Crippen molar-refractivity contribution in [2.45, 2.75) is 26.3 Å². The predicted octanol–water partition coefficient (Wildman–Crippen LogP) is 2.31. The van der Waals surface area contributed by atoms with Gasteiger partial charge in [0.1, 0.15) is 12.4 Å². The molecule has 0 aliphatic carbocycles. The highest BCUT2D eigenvalue weighted by molar-refractivity contribution is 5.73. The summed E-state index contributed by atoms with van der Waals surface area (Å²) in [5.74, 6) is 1.63. The van der Waals surface area contributed by atoms with Crippen molar-refractivity contribution in [3.05, 3.63) is 35.4 Å². The summed E-state index contributed by atoms with van der Waals surface area (Å²) in [4.78, 5) is 13.4. The number of nitrogens with one attached hydrogen (secondary N) is 1. The van der Waals surface area contributed by atoms with Gasteiger partial charge in [-0.25, -0.2) is 0 Å². The molecule has 1 amide bonds. The topological polar surface area (TPSA) is 41.6 Å². The maximum Gasteiger partial charge on any atom is 0.219 e. The first kappa shape index (κ1) is 15.1. The van der Waals surface area contributed by atoms with Gasteiger partial charge in [-0.05, 0) is 30.1 Å². The lowest BCUT2D eigenvalue weighted by Gasteiger charge is -2.37. The Labute approximate surface area is 132 Å². The average Bonchev–Trinajstić information content (AvgIpc) is 2.53. The molecule has 2 aliphatic heterocycles. The van der Waals surface area contributed by atoms with Crippen LogP contribution in [-0.2, 0) is 4.79 Å². The second-order valence-electron chi connectivity index (χ2n) is 6.35. The Balaban J connectivity index is 1.55. The molecule has 0 bridgehead atoms. The molecule has 0 aromatic heterocycles. The fourth-order valence-corrected chi connectivity index (χ4v) is 3.26. The Hall–Kier alpha value is -1.81. The molecule has 0 saturated carbocycles. The van der Waals surface area contributed by atoms with Crippen LogP contribution in [0.15, 0.2) is 29.8 Å². The fraction of sp³-hybridized carbons (Fsp3) is 0.500. The van der Waals surface area contributed by atoms with E-state index in [4.69, 9.17) is 4.74 Å². The molecule has 2 heterocycles. The summed E-state index contributed by atoms with van der Waals surface area (Å²) in [5.41, 5.74) is 2.44. The van der Waals surface area contributed by atoms with Crippen LogP contribution in [0.5, 0.6) is 5.75 Å². The molecular weight excluding hydrogens is 276 g/mol. The first-order valence-electron chi connectivity index (χ1n) is 8.03. The number of hydrogen-bond acceptors (Lipinski definition) is 3. The smallest absolute Gasteiger partial charge is 0.219 e. The van der Waals surface area contributed by atoms with E-state index in [-0.39, 0.29) is 5.91 Å². The van der Waals surface area contributed by atoms with Crippen molar-refractivity contribution in [1.29, 1.82) is 0 Å². The molecular formula is C18H24N2O2. The van der Waals surface area contributed by atoms with Gasteiger partial charge >= 0.3 is 0 Å². The van der Waals surface area contributed by atoms with E-state index < -0.39 is 0 Å². The summed E-state index contributed by atoms with van der Waals surface area (Å²) in [7, 11) is 0. The van der Waals surface area contributed by atoms with Crippen LogP contribution >= 0.6 is 0 Å². The van der Waals surface area contributed by atoms with E-state index in [1.807, 2.05) is 23.1 Å². The van der Waals surface area contributed by atoms with Crippen LogP contribution < -0.4 is 10.1 Å².